The van der Waals surface area contributed by atoms with E-state index in [1.165, 1.54) is 0 Å². The second-order valence-electron chi connectivity index (χ2n) is 7.46. The van der Waals surface area contributed by atoms with Crippen molar-refractivity contribution in [1.29, 1.82) is 0 Å². The lowest BCUT2D eigenvalue weighted by Gasteiger charge is -2.23. The Bertz CT molecular complexity index is 850. The van der Waals surface area contributed by atoms with Crippen LogP contribution < -0.4 is 0 Å². The minimum absolute atomic E-state index is 0.170. The molecular formula is C23H30N2O4. The molecule has 0 aromatic carbocycles. The summed E-state index contributed by atoms with van der Waals surface area (Å²) in [4.78, 5) is 29.1. The summed E-state index contributed by atoms with van der Waals surface area (Å²) in [6, 6.07) is 7.99. The molecule has 0 radical (unpaired) electrons. The molecule has 2 heterocycles. The van der Waals surface area contributed by atoms with Crippen molar-refractivity contribution < 1.29 is 19.1 Å². The Morgan fingerprint density at radius 3 is 2.41 bits per heavy atom. The number of hydrogen-bond donors (Lipinski definition) is 0. The van der Waals surface area contributed by atoms with Gasteiger partial charge in [0.2, 0.25) is 0 Å². The summed E-state index contributed by atoms with van der Waals surface area (Å²) in [5.74, 6) is -0.478. The zero-order valence-corrected chi connectivity index (χ0v) is 17.8. The van der Waals surface area contributed by atoms with Gasteiger partial charge in [-0.05, 0) is 64.4 Å². The molecule has 6 nitrogen and oxygen atoms in total. The Morgan fingerprint density at radius 2 is 1.86 bits per heavy atom. The van der Waals surface area contributed by atoms with Crippen molar-refractivity contribution in [1.82, 2.24) is 9.55 Å². The maximum Gasteiger partial charge on any atom is 0.312 e. The Morgan fingerprint density at radius 1 is 1.21 bits per heavy atom. The summed E-state index contributed by atoms with van der Waals surface area (Å²) in [7, 11) is 0. The van der Waals surface area contributed by atoms with Gasteiger partial charge in [0.05, 0.1) is 18.6 Å². The van der Waals surface area contributed by atoms with Crippen LogP contribution in [0.3, 0.4) is 0 Å². The van der Waals surface area contributed by atoms with Gasteiger partial charge in [0.25, 0.3) is 0 Å². The van der Waals surface area contributed by atoms with Crippen molar-refractivity contribution >= 4 is 12.3 Å². The first-order chi connectivity index (χ1) is 13.8. The van der Waals surface area contributed by atoms with Gasteiger partial charge in [-0.15, -0.1) is 6.58 Å². The number of pyridine rings is 1. The lowest BCUT2D eigenvalue weighted by Crippen LogP contribution is -2.36. The van der Waals surface area contributed by atoms with E-state index in [2.05, 4.69) is 11.1 Å². The fraction of sp³-hybridized carbons (Fsp3) is 0.435. The number of carbonyl (C=O) groups excluding carboxylic acids is 2. The van der Waals surface area contributed by atoms with Crippen LogP contribution in [0.2, 0.25) is 0 Å². The number of nitrogens with zero attached hydrogens (tertiary/aromatic N) is 2. The second-order valence-corrected chi connectivity index (χ2v) is 7.46. The predicted octanol–water partition coefficient (Wildman–Crippen LogP) is 3.68. The van der Waals surface area contributed by atoms with Crippen molar-refractivity contribution in [2.24, 2.45) is 5.92 Å². The third-order valence-electron chi connectivity index (χ3n) is 4.53. The van der Waals surface area contributed by atoms with Gasteiger partial charge in [-0.2, -0.15) is 0 Å². The van der Waals surface area contributed by atoms with Crippen LogP contribution in [-0.4, -0.2) is 40.6 Å². The van der Waals surface area contributed by atoms with Gasteiger partial charge in [0.1, 0.15) is 18.2 Å². The third kappa shape index (κ3) is 5.87. The molecule has 156 valence electrons. The van der Waals surface area contributed by atoms with Crippen molar-refractivity contribution in [3.63, 3.8) is 0 Å². The average Bonchev–Trinajstić information content (AvgIpc) is 2.98. The highest BCUT2D eigenvalue weighted by Gasteiger charge is 2.32. The Labute approximate surface area is 172 Å². The van der Waals surface area contributed by atoms with Gasteiger partial charge in [0, 0.05) is 23.5 Å². The van der Waals surface area contributed by atoms with Crippen LogP contribution in [0.15, 0.2) is 36.9 Å². The van der Waals surface area contributed by atoms with Crippen LogP contribution in [0.5, 0.6) is 0 Å². The highest BCUT2D eigenvalue weighted by atomic mass is 16.5. The molecule has 0 aliphatic carbocycles. The second kappa shape index (κ2) is 10.2. The number of aromatic nitrogens is 2. The van der Waals surface area contributed by atoms with Crippen LogP contribution in [0.25, 0.3) is 5.82 Å². The van der Waals surface area contributed by atoms with E-state index in [0.29, 0.717) is 12.0 Å². The summed E-state index contributed by atoms with van der Waals surface area (Å²) in [5.41, 5.74) is 3.86. The summed E-state index contributed by atoms with van der Waals surface area (Å²) in [6.07, 6.45) is 1.21. The molecule has 0 aliphatic rings. The minimum Gasteiger partial charge on any atom is -0.463 e. The fourth-order valence-corrected chi connectivity index (χ4v) is 3.28. The monoisotopic (exact) mass is 398 g/mol. The number of rotatable bonds is 10. The largest absolute Gasteiger partial charge is 0.463 e. The van der Waals surface area contributed by atoms with Gasteiger partial charge in [-0.25, -0.2) is 4.98 Å². The van der Waals surface area contributed by atoms with Crippen molar-refractivity contribution in [2.45, 2.75) is 53.2 Å². The molecule has 29 heavy (non-hydrogen) atoms. The highest BCUT2D eigenvalue weighted by molar-refractivity contribution is 5.78. The molecule has 0 N–H and O–H groups in total. The first kappa shape index (κ1) is 22.6. The lowest BCUT2D eigenvalue weighted by atomic mass is 9.96. The minimum atomic E-state index is -0.930. The predicted molar refractivity (Wildman–Crippen MR) is 112 cm³/mol. The van der Waals surface area contributed by atoms with Crippen LogP contribution in [0.4, 0.5) is 0 Å². The summed E-state index contributed by atoms with van der Waals surface area (Å²) in [5, 5.41) is 0. The molecule has 0 saturated carbocycles. The van der Waals surface area contributed by atoms with E-state index in [-0.39, 0.29) is 19.1 Å². The van der Waals surface area contributed by atoms with E-state index in [4.69, 9.17) is 14.5 Å². The van der Waals surface area contributed by atoms with Crippen molar-refractivity contribution in [2.75, 3.05) is 6.61 Å². The first-order valence-corrected chi connectivity index (χ1v) is 9.78. The van der Waals surface area contributed by atoms with E-state index in [9.17, 15) is 9.59 Å². The normalized spacial score (nSPS) is 13.2. The maximum absolute atomic E-state index is 12.7. The SMILES string of the molecule is C=CCO[C@@H](C=O)[C@H](Cc1cc(C)cc(-n2c(C)ccc2C)n1)C(=O)OC(C)C. The quantitative estimate of drug-likeness (QED) is 0.347. The van der Waals surface area contributed by atoms with Gasteiger partial charge < -0.3 is 18.8 Å². The molecule has 2 rings (SSSR count). The van der Waals surface area contributed by atoms with Gasteiger partial charge in [0.15, 0.2) is 0 Å². The number of carbonyl (C=O) groups is 2. The molecule has 0 unspecified atom stereocenters. The molecular weight excluding hydrogens is 368 g/mol. The van der Waals surface area contributed by atoms with Gasteiger partial charge >= 0.3 is 5.97 Å². The molecule has 0 bridgehead atoms. The standard InChI is InChI=1S/C23H30N2O4/c1-7-10-28-21(14-26)20(23(27)29-15(2)3)13-19-11-16(4)12-22(24-19)25-17(5)8-9-18(25)6/h7-9,11-12,14-15,20-21H,1,10,13H2,2-6H3/t20-,21-/m0/s1. The Hall–Kier alpha value is -2.73. The molecule has 2 atom stereocenters. The van der Waals surface area contributed by atoms with E-state index in [1.54, 1.807) is 19.9 Å². The third-order valence-corrected chi connectivity index (χ3v) is 4.53. The average molecular weight is 399 g/mol. The molecule has 0 saturated heterocycles. The van der Waals surface area contributed by atoms with Crippen LogP contribution in [-0.2, 0) is 25.5 Å². The summed E-state index contributed by atoms with van der Waals surface area (Å²) >= 11 is 0. The highest BCUT2D eigenvalue weighted by Crippen LogP contribution is 2.21. The summed E-state index contributed by atoms with van der Waals surface area (Å²) < 4.78 is 13.0. The van der Waals surface area contributed by atoms with E-state index in [0.717, 1.165) is 22.8 Å². The molecule has 6 heteroatoms. The van der Waals surface area contributed by atoms with Gasteiger partial charge in [-0.1, -0.05) is 6.08 Å². The first-order valence-electron chi connectivity index (χ1n) is 9.78. The molecule has 2 aromatic heterocycles. The zero-order chi connectivity index (χ0) is 21.6. The number of esters is 1. The van der Waals surface area contributed by atoms with Crippen LogP contribution in [0.1, 0.15) is 36.5 Å². The topological polar surface area (TPSA) is 70.4 Å². The van der Waals surface area contributed by atoms with Crippen LogP contribution >= 0.6 is 0 Å². The molecule has 0 amide bonds. The fourth-order valence-electron chi connectivity index (χ4n) is 3.28. The number of aryl methyl sites for hydroxylation is 3. The van der Waals surface area contributed by atoms with Crippen molar-refractivity contribution in [3.8, 4) is 5.82 Å². The smallest absolute Gasteiger partial charge is 0.312 e. The number of aldehydes is 1. The molecule has 2 aromatic rings. The summed E-state index contributed by atoms with van der Waals surface area (Å²) in [6.45, 7) is 13.3. The molecule has 0 aliphatic heterocycles. The Balaban J connectivity index is 2.40. The van der Waals surface area contributed by atoms with E-state index in [1.807, 2.05) is 45.0 Å². The number of hydrogen-bond acceptors (Lipinski definition) is 5. The van der Waals surface area contributed by atoms with Gasteiger partial charge in [-0.3, -0.25) is 4.79 Å². The van der Waals surface area contributed by atoms with Crippen LogP contribution in [0, 0.1) is 26.7 Å². The molecule has 0 spiro atoms. The maximum atomic E-state index is 12.7. The zero-order valence-electron chi connectivity index (χ0n) is 17.8. The van der Waals surface area contributed by atoms with E-state index >= 15 is 0 Å². The van der Waals surface area contributed by atoms with E-state index < -0.39 is 18.0 Å². The Kier molecular flexibility index (Phi) is 7.91. The van der Waals surface area contributed by atoms with Crippen molar-refractivity contribution in [3.05, 3.63) is 59.6 Å². The number of ether oxygens (including phenoxy) is 2. The molecule has 0 fully saturated rings. The lowest BCUT2D eigenvalue weighted by molar-refractivity contribution is -0.159.